The molecule has 0 aliphatic heterocycles. The summed E-state index contributed by atoms with van der Waals surface area (Å²) in [6, 6.07) is -9.04. The number of nitrogens with one attached hydrogen (secondary N) is 9. The van der Waals surface area contributed by atoms with Gasteiger partial charge >= 0.3 is 5.97 Å². The molecular weight excluding hydrogens is 917 g/mol. The SMILES string of the molecule is CC(=O)NCCCC[C@H](NC(=O)[C@H](C)NC(=O)CN)C(=O)N[C@@H](CCCN=C(N)N)C(=O)N[C@@H](Cc1cnc[nH]1)C(=O)N[C@@H](CCCN=C(N)N)C(=O)N[C@@H](CCCCN)C(=O)N[C@H](C(=O)O)C(C)C. The first-order valence-corrected chi connectivity index (χ1v) is 23.2. The smallest absolute Gasteiger partial charge is 0.326 e. The van der Waals surface area contributed by atoms with Crippen molar-refractivity contribution >= 4 is 65.1 Å². The lowest BCUT2D eigenvalue weighted by Crippen LogP contribution is -2.60. The number of hydrogen-bond acceptors (Lipinski definition) is 14. The van der Waals surface area contributed by atoms with E-state index in [9.17, 15) is 48.3 Å². The van der Waals surface area contributed by atoms with Crippen molar-refractivity contribution in [2.75, 3.05) is 32.7 Å². The van der Waals surface area contributed by atoms with E-state index in [1.54, 1.807) is 13.8 Å². The average molecular weight is 993 g/mol. The van der Waals surface area contributed by atoms with E-state index >= 15 is 0 Å². The summed E-state index contributed by atoms with van der Waals surface area (Å²) in [6.07, 6.45) is 4.43. The monoisotopic (exact) mass is 993 g/mol. The third-order valence-electron chi connectivity index (χ3n) is 10.5. The minimum Gasteiger partial charge on any atom is -0.480 e. The number of nitrogens with two attached hydrogens (primary N) is 6. The van der Waals surface area contributed by atoms with Gasteiger partial charge in [0.25, 0.3) is 0 Å². The predicted octanol–water partition coefficient (Wildman–Crippen LogP) is -5.39. The number of H-pyrrole nitrogens is 1. The highest BCUT2D eigenvalue weighted by Gasteiger charge is 2.34. The zero-order valence-electron chi connectivity index (χ0n) is 40.5. The topological polar surface area (TPSA) is 480 Å². The number of hydrogen-bond donors (Lipinski definition) is 16. The highest BCUT2D eigenvalue weighted by Crippen LogP contribution is 2.11. The molecule has 0 aromatic carbocycles. The van der Waals surface area contributed by atoms with E-state index in [2.05, 4.69) is 62.5 Å². The van der Waals surface area contributed by atoms with Gasteiger partial charge in [-0.2, -0.15) is 0 Å². The van der Waals surface area contributed by atoms with Crippen molar-refractivity contribution in [2.24, 2.45) is 50.3 Å². The fraction of sp³-hybridized carbons (Fsp3) is 0.667. The number of imidazole rings is 1. The third-order valence-corrected chi connectivity index (χ3v) is 10.5. The van der Waals surface area contributed by atoms with E-state index in [-0.39, 0.29) is 89.0 Å². The number of carbonyl (C=O) groups is 9. The molecule has 394 valence electrons. The second-order valence-corrected chi connectivity index (χ2v) is 16.8. The van der Waals surface area contributed by atoms with Gasteiger partial charge in [0.15, 0.2) is 11.9 Å². The summed E-state index contributed by atoms with van der Waals surface area (Å²) in [5.74, 6) is -7.95. The molecular formula is C42H76N18O10. The molecule has 0 aliphatic carbocycles. The van der Waals surface area contributed by atoms with E-state index in [0.29, 0.717) is 31.4 Å². The first kappa shape index (κ1) is 60.9. The van der Waals surface area contributed by atoms with Crippen LogP contribution < -0.4 is 76.9 Å². The Labute approximate surface area is 407 Å². The molecule has 0 aliphatic rings. The van der Waals surface area contributed by atoms with Crippen molar-refractivity contribution < 1.29 is 48.3 Å². The van der Waals surface area contributed by atoms with E-state index in [4.69, 9.17) is 34.4 Å². The molecule has 0 saturated carbocycles. The van der Waals surface area contributed by atoms with Gasteiger partial charge < -0.3 is 87.0 Å². The summed E-state index contributed by atoms with van der Waals surface area (Å²) < 4.78 is 0. The van der Waals surface area contributed by atoms with Gasteiger partial charge in [-0.3, -0.25) is 48.3 Å². The standard InChI is InChI=1S/C42H76N18O10/c1-23(2)33(40(69)70)60-38(67)28(11-5-7-15-43)56-36(65)29(13-9-17-51-41(45)46)58-39(68)31(19-26-21-49-22-53-26)59-37(66)30(14-10-18-52-42(47)48)57-35(64)27(12-6-8-16-50-25(4)61)55-34(63)24(3)54-32(62)20-44/h21-24,27-31,33H,5-20,43-44H2,1-4H3,(H,49,53)(H,50,61)(H,54,62)(H,55,63)(H,56,65)(H,57,64)(H,58,68)(H,59,66)(H,60,67)(H,69,70)(H4,45,46,51)(H4,47,48,52)/t24-,27-,28-,29-,30-,31-,33-/m0/s1. The quantitative estimate of drug-likeness (QED) is 0.0171. The molecule has 28 nitrogen and oxygen atoms in total. The summed E-state index contributed by atoms with van der Waals surface area (Å²) in [5, 5.41) is 30.5. The molecule has 1 rings (SSSR count). The normalized spacial score (nSPS) is 13.9. The van der Waals surface area contributed by atoms with Crippen LogP contribution in [0.25, 0.3) is 0 Å². The Bertz CT molecular complexity index is 1910. The Morgan fingerprint density at radius 1 is 0.614 bits per heavy atom. The number of carboxylic acid groups (broad SMARTS) is 1. The molecule has 0 bridgehead atoms. The van der Waals surface area contributed by atoms with Crippen LogP contribution in [0.2, 0.25) is 0 Å². The predicted molar refractivity (Wildman–Crippen MR) is 258 cm³/mol. The van der Waals surface area contributed by atoms with Crippen molar-refractivity contribution in [2.45, 2.75) is 141 Å². The molecule has 22 N–H and O–H groups in total. The first-order valence-electron chi connectivity index (χ1n) is 23.2. The van der Waals surface area contributed by atoms with Crippen molar-refractivity contribution in [3.63, 3.8) is 0 Å². The number of carboxylic acids is 1. The molecule has 0 fully saturated rings. The Hall–Kier alpha value is -7.10. The Morgan fingerprint density at radius 3 is 1.47 bits per heavy atom. The summed E-state index contributed by atoms with van der Waals surface area (Å²) in [7, 11) is 0. The van der Waals surface area contributed by atoms with Gasteiger partial charge in [-0.25, -0.2) is 9.78 Å². The lowest BCUT2D eigenvalue weighted by atomic mass is 10.0. The number of aliphatic carboxylic acids is 1. The third kappa shape index (κ3) is 25.3. The number of aromatic amines is 1. The van der Waals surface area contributed by atoms with Crippen LogP contribution in [0.3, 0.4) is 0 Å². The lowest BCUT2D eigenvalue weighted by molar-refractivity contribution is -0.143. The van der Waals surface area contributed by atoms with Crippen LogP contribution >= 0.6 is 0 Å². The van der Waals surface area contributed by atoms with Gasteiger partial charge in [0.2, 0.25) is 47.3 Å². The first-order chi connectivity index (χ1) is 33.1. The van der Waals surface area contributed by atoms with Crippen LogP contribution in [0, 0.1) is 5.92 Å². The molecule has 0 radical (unpaired) electrons. The second kappa shape index (κ2) is 33.4. The number of aliphatic imine (C=N–C) groups is 2. The maximum Gasteiger partial charge on any atom is 0.326 e. The van der Waals surface area contributed by atoms with Crippen molar-refractivity contribution in [3.8, 4) is 0 Å². The van der Waals surface area contributed by atoms with Crippen molar-refractivity contribution in [1.82, 2.24) is 52.5 Å². The summed E-state index contributed by atoms with van der Waals surface area (Å²) in [4.78, 5) is 134. The minimum absolute atomic E-state index is 0.0397. The molecule has 1 aromatic heterocycles. The summed E-state index contributed by atoms with van der Waals surface area (Å²) in [6.45, 7) is 6.22. The highest BCUT2D eigenvalue weighted by molar-refractivity contribution is 5.97. The van der Waals surface area contributed by atoms with Crippen LogP contribution in [0.4, 0.5) is 0 Å². The molecule has 0 spiro atoms. The largest absolute Gasteiger partial charge is 0.480 e. The van der Waals surface area contributed by atoms with Crippen molar-refractivity contribution in [3.05, 3.63) is 18.2 Å². The van der Waals surface area contributed by atoms with E-state index < -0.39 is 102 Å². The molecule has 8 amide bonds. The van der Waals surface area contributed by atoms with E-state index in [1.165, 1.54) is 26.4 Å². The molecule has 0 saturated heterocycles. The van der Waals surface area contributed by atoms with Crippen LogP contribution in [0.5, 0.6) is 0 Å². The molecule has 1 heterocycles. The molecule has 70 heavy (non-hydrogen) atoms. The summed E-state index contributed by atoms with van der Waals surface area (Å²) in [5.41, 5.74) is 33.5. The van der Waals surface area contributed by atoms with Crippen molar-refractivity contribution in [1.29, 1.82) is 0 Å². The number of guanidine groups is 2. The lowest BCUT2D eigenvalue weighted by Gasteiger charge is -2.28. The highest BCUT2D eigenvalue weighted by atomic mass is 16.4. The maximum atomic E-state index is 14.4. The molecule has 7 atom stereocenters. The Morgan fingerprint density at radius 2 is 1.06 bits per heavy atom. The fourth-order valence-electron chi connectivity index (χ4n) is 6.66. The number of nitrogens with zero attached hydrogens (tertiary/aromatic N) is 3. The Balaban J connectivity index is 3.63. The van der Waals surface area contributed by atoms with Gasteiger partial charge in [-0.1, -0.05) is 13.8 Å². The number of rotatable bonds is 35. The molecule has 0 unspecified atom stereocenters. The number of amides is 8. The molecule has 1 aromatic rings. The Kier molecular flexibility index (Phi) is 29.1. The number of carbonyl (C=O) groups excluding carboxylic acids is 8. The zero-order valence-corrected chi connectivity index (χ0v) is 40.5. The van der Waals surface area contributed by atoms with Crippen LogP contribution in [-0.4, -0.2) is 155 Å². The van der Waals surface area contributed by atoms with E-state index in [1.807, 2.05) is 0 Å². The number of aromatic nitrogens is 2. The van der Waals surface area contributed by atoms with Gasteiger partial charge in [-0.05, 0) is 83.6 Å². The van der Waals surface area contributed by atoms with Crippen LogP contribution in [0.1, 0.15) is 97.6 Å². The van der Waals surface area contributed by atoms with Gasteiger partial charge in [0.1, 0.15) is 42.3 Å². The maximum absolute atomic E-state index is 14.4. The van der Waals surface area contributed by atoms with Crippen LogP contribution in [0.15, 0.2) is 22.5 Å². The van der Waals surface area contributed by atoms with Gasteiger partial charge in [-0.15, -0.1) is 0 Å². The zero-order chi connectivity index (χ0) is 52.8. The summed E-state index contributed by atoms with van der Waals surface area (Å²) >= 11 is 0. The fourth-order valence-corrected chi connectivity index (χ4v) is 6.66. The second-order valence-electron chi connectivity index (χ2n) is 16.8. The molecule has 28 heteroatoms. The van der Waals surface area contributed by atoms with Crippen LogP contribution in [-0.2, 0) is 49.6 Å². The minimum atomic E-state index is -1.44. The van der Waals surface area contributed by atoms with Gasteiger partial charge in [0, 0.05) is 44.9 Å². The number of unbranched alkanes of at least 4 members (excludes halogenated alkanes) is 2. The average Bonchev–Trinajstić information content (AvgIpc) is 3.81. The van der Waals surface area contributed by atoms with E-state index in [0.717, 1.165) is 0 Å². The van der Waals surface area contributed by atoms with Gasteiger partial charge in [0.05, 0.1) is 12.9 Å².